The molecule has 0 spiro atoms. The van der Waals surface area contributed by atoms with Crippen molar-refractivity contribution < 1.29 is 14.7 Å². The minimum Gasteiger partial charge on any atom is -0.478 e. The van der Waals surface area contributed by atoms with Crippen molar-refractivity contribution in [3.05, 3.63) is 48.6 Å². The number of rotatable bonds is 3. The molecule has 8 heteroatoms. The summed E-state index contributed by atoms with van der Waals surface area (Å²) < 4.78 is 0. The number of carboxylic acid groups (broad SMARTS) is 1. The molecule has 2 N–H and O–H groups in total. The maximum Gasteiger partial charge on any atom is 0.339 e. The predicted octanol–water partition coefficient (Wildman–Crippen LogP) is 4.97. The number of nitrogens with one attached hydrogen (secondary N) is 1. The van der Waals surface area contributed by atoms with E-state index in [9.17, 15) is 14.7 Å². The van der Waals surface area contributed by atoms with Gasteiger partial charge in [0.15, 0.2) is 0 Å². The molecule has 0 aliphatic carbocycles. The Morgan fingerprint density at radius 1 is 1.19 bits per heavy atom. The van der Waals surface area contributed by atoms with Gasteiger partial charge in [-0.2, -0.15) is 0 Å². The average Bonchev–Trinajstić information content (AvgIpc) is 2.74. The average molecular weight is 365 g/mol. The van der Waals surface area contributed by atoms with Gasteiger partial charge in [0.05, 0.1) is 20.8 Å². The summed E-state index contributed by atoms with van der Waals surface area (Å²) in [6.45, 7) is 1.77. The number of hydrogen-bond donors (Lipinski definition) is 2. The Morgan fingerprint density at radius 3 is 2.33 bits per heavy atom. The van der Waals surface area contributed by atoms with Gasteiger partial charge in [-0.25, -0.2) is 4.79 Å². The zero-order valence-electron chi connectivity index (χ0n) is 10.5. The van der Waals surface area contributed by atoms with Gasteiger partial charge in [0.2, 0.25) is 0 Å². The summed E-state index contributed by atoms with van der Waals surface area (Å²) in [4.78, 5) is 23.8. The van der Waals surface area contributed by atoms with Gasteiger partial charge in [-0.3, -0.25) is 4.79 Å². The molecule has 0 saturated heterocycles. The molecule has 0 bridgehead atoms. The van der Waals surface area contributed by atoms with Gasteiger partial charge >= 0.3 is 5.97 Å². The third-order valence-electron chi connectivity index (χ3n) is 2.66. The lowest BCUT2D eigenvalue weighted by Gasteiger charge is -2.11. The first-order chi connectivity index (χ1) is 9.82. The second kappa shape index (κ2) is 6.23. The number of aromatic carboxylic acids is 1. The smallest absolute Gasteiger partial charge is 0.339 e. The number of thiophene rings is 1. The lowest BCUT2D eigenvalue weighted by molar-refractivity contribution is 0.0698. The summed E-state index contributed by atoms with van der Waals surface area (Å²) in [5.74, 6) is -1.82. The van der Waals surface area contributed by atoms with Crippen molar-refractivity contribution in [2.24, 2.45) is 0 Å². The molecule has 1 aromatic heterocycles. The molecule has 2 rings (SSSR count). The molecule has 2 aromatic rings. The zero-order chi connectivity index (χ0) is 15.7. The van der Waals surface area contributed by atoms with Crippen LogP contribution >= 0.6 is 46.1 Å². The van der Waals surface area contributed by atoms with Crippen LogP contribution < -0.4 is 5.32 Å². The molecule has 1 heterocycles. The van der Waals surface area contributed by atoms with Crippen molar-refractivity contribution in [1.29, 1.82) is 0 Å². The van der Waals surface area contributed by atoms with Crippen LogP contribution in [-0.2, 0) is 0 Å². The molecule has 1 aromatic carbocycles. The van der Waals surface area contributed by atoms with Crippen LogP contribution in [0.5, 0.6) is 0 Å². The normalized spacial score (nSPS) is 10.5. The number of aryl methyl sites for hydroxylation is 1. The second-order valence-corrected chi connectivity index (χ2v) is 6.17. The highest BCUT2D eigenvalue weighted by molar-refractivity contribution is 7.13. The fourth-order valence-electron chi connectivity index (χ4n) is 1.64. The number of halogens is 3. The molecular formula is C13H8Cl3NO3S. The lowest BCUT2D eigenvalue weighted by Crippen LogP contribution is -2.15. The summed E-state index contributed by atoms with van der Waals surface area (Å²) in [6, 6.07) is 2.76. The third kappa shape index (κ3) is 3.16. The summed E-state index contributed by atoms with van der Waals surface area (Å²) in [5, 5.41) is 13.8. The molecule has 0 radical (unpaired) electrons. The molecule has 0 unspecified atom stereocenters. The van der Waals surface area contributed by atoms with E-state index in [0.717, 1.165) is 16.9 Å². The number of carbonyl (C=O) groups excluding carboxylic acids is 1. The lowest BCUT2D eigenvalue weighted by atomic mass is 10.1. The largest absolute Gasteiger partial charge is 0.478 e. The molecule has 21 heavy (non-hydrogen) atoms. The monoisotopic (exact) mass is 363 g/mol. The topological polar surface area (TPSA) is 66.4 Å². The van der Waals surface area contributed by atoms with Crippen LogP contribution in [0.15, 0.2) is 17.5 Å². The van der Waals surface area contributed by atoms with E-state index in [1.54, 1.807) is 12.3 Å². The van der Waals surface area contributed by atoms with Crippen LogP contribution in [0.2, 0.25) is 15.1 Å². The number of hydrogen-bond acceptors (Lipinski definition) is 3. The van der Waals surface area contributed by atoms with E-state index in [1.807, 2.05) is 0 Å². The van der Waals surface area contributed by atoms with Crippen molar-refractivity contribution in [3.63, 3.8) is 0 Å². The number of anilines is 1. The van der Waals surface area contributed by atoms with Gasteiger partial charge in [-0.05, 0) is 30.0 Å². The second-order valence-electron chi connectivity index (χ2n) is 4.10. The van der Waals surface area contributed by atoms with Gasteiger partial charge in [-0.1, -0.05) is 34.8 Å². The number of benzene rings is 1. The highest BCUT2D eigenvalue weighted by atomic mass is 35.5. The molecule has 0 aliphatic heterocycles. The Kier molecular flexibility index (Phi) is 4.78. The van der Waals surface area contributed by atoms with Crippen LogP contribution in [0.4, 0.5) is 5.69 Å². The first kappa shape index (κ1) is 16.1. The third-order valence-corrected chi connectivity index (χ3v) is 4.99. The fourth-order valence-corrected chi connectivity index (χ4v) is 3.25. The first-order valence-corrected chi connectivity index (χ1v) is 7.60. The fraction of sp³-hybridized carbons (Fsp3) is 0.0769. The molecule has 0 aliphatic rings. The zero-order valence-corrected chi connectivity index (χ0v) is 13.6. The minimum atomic E-state index is -1.29. The molecule has 0 atom stereocenters. The van der Waals surface area contributed by atoms with E-state index in [-0.39, 0.29) is 26.2 Å². The molecule has 1 amide bonds. The summed E-state index contributed by atoms with van der Waals surface area (Å²) >= 11 is 19.0. The Hall–Kier alpha value is -1.27. The van der Waals surface area contributed by atoms with Gasteiger partial charge < -0.3 is 10.4 Å². The van der Waals surface area contributed by atoms with Crippen molar-refractivity contribution in [1.82, 2.24) is 0 Å². The van der Waals surface area contributed by atoms with Crippen molar-refractivity contribution in [3.8, 4) is 0 Å². The van der Waals surface area contributed by atoms with E-state index >= 15 is 0 Å². The van der Waals surface area contributed by atoms with E-state index in [4.69, 9.17) is 34.8 Å². The Bertz CT molecular complexity index is 743. The van der Waals surface area contributed by atoms with Crippen LogP contribution in [0.3, 0.4) is 0 Å². The molecule has 110 valence electrons. The summed E-state index contributed by atoms with van der Waals surface area (Å²) in [7, 11) is 0. The number of amides is 1. The summed E-state index contributed by atoms with van der Waals surface area (Å²) in [6.07, 6.45) is 0. The van der Waals surface area contributed by atoms with Crippen LogP contribution in [0, 0.1) is 6.92 Å². The van der Waals surface area contributed by atoms with Gasteiger partial charge in [-0.15, -0.1) is 11.3 Å². The minimum absolute atomic E-state index is 0.0179. The van der Waals surface area contributed by atoms with Crippen LogP contribution in [0.1, 0.15) is 25.6 Å². The Balaban J connectivity index is 2.44. The van der Waals surface area contributed by atoms with Gasteiger partial charge in [0.25, 0.3) is 5.91 Å². The first-order valence-electron chi connectivity index (χ1n) is 5.59. The quantitative estimate of drug-likeness (QED) is 0.808. The number of carbonyl (C=O) groups is 2. The van der Waals surface area contributed by atoms with Gasteiger partial charge in [0, 0.05) is 0 Å². The van der Waals surface area contributed by atoms with E-state index in [0.29, 0.717) is 5.02 Å². The van der Waals surface area contributed by atoms with Crippen LogP contribution in [-0.4, -0.2) is 17.0 Å². The van der Waals surface area contributed by atoms with E-state index in [2.05, 4.69) is 5.32 Å². The van der Waals surface area contributed by atoms with E-state index < -0.39 is 11.9 Å². The molecule has 4 nitrogen and oxygen atoms in total. The van der Waals surface area contributed by atoms with Crippen molar-refractivity contribution in [2.75, 3.05) is 5.32 Å². The standard InChI is InChI=1S/C13H8Cl3NO3S/c1-5-4-21-11(9(5)16)12(18)17-10-7(15)3-2-6(14)8(10)13(19)20/h2-4H,1H3,(H,17,18)(H,19,20). The predicted molar refractivity (Wildman–Crippen MR) is 85.4 cm³/mol. The molecular weight excluding hydrogens is 357 g/mol. The SMILES string of the molecule is Cc1csc(C(=O)Nc2c(Cl)ccc(Cl)c2C(=O)O)c1Cl. The number of carboxylic acids is 1. The highest BCUT2D eigenvalue weighted by Crippen LogP contribution is 2.34. The van der Waals surface area contributed by atoms with Crippen molar-refractivity contribution in [2.45, 2.75) is 6.92 Å². The van der Waals surface area contributed by atoms with Crippen LogP contribution in [0.25, 0.3) is 0 Å². The Labute approximate surface area is 139 Å². The molecule has 0 fully saturated rings. The Morgan fingerprint density at radius 2 is 1.81 bits per heavy atom. The molecule has 0 saturated carbocycles. The maximum atomic E-state index is 12.2. The summed E-state index contributed by atoms with van der Waals surface area (Å²) in [5.41, 5.74) is 0.452. The van der Waals surface area contributed by atoms with Gasteiger partial charge in [0.1, 0.15) is 10.4 Å². The maximum absolute atomic E-state index is 12.2. The highest BCUT2D eigenvalue weighted by Gasteiger charge is 2.22. The van der Waals surface area contributed by atoms with E-state index in [1.165, 1.54) is 12.1 Å². The van der Waals surface area contributed by atoms with Crippen molar-refractivity contribution >= 4 is 63.7 Å².